The van der Waals surface area contributed by atoms with E-state index in [-0.39, 0.29) is 11.1 Å². The first-order valence-corrected chi connectivity index (χ1v) is 7.71. The molecule has 1 amide bonds. The van der Waals surface area contributed by atoms with E-state index in [0.29, 0.717) is 5.82 Å². The molecule has 0 atom stereocenters. The van der Waals surface area contributed by atoms with Crippen LogP contribution in [0.4, 0.5) is 5.82 Å². The van der Waals surface area contributed by atoms with Crippen molar-refractivity contribution in [3.05, 3.63) is 77.5 Å². The molecule has 2 aromatic carbocycles. The summed E-state index contributed by atoms with van der Waals surface area (Å²) in [5.41, 5.74) is 2.05. The number of methoxy groups -OCH3 is 1. The normalized spacial score (nSPS) is 10.3. The average molecular weight is 335 g/mol. The predicted octanol–water partition coefficient (Wildman–Crippen LogP) is 3.22. The molecule has 3 aromatic rings. The number of aromatic nitrogens is 2. The smallest absolute Gasteiger partial charge is 0.338 e. The molecule has 0 fully saturated rings. The molecule has 6 nitrogen and oxygen atoms in total. The lowest BCUT2D eigenvalue weighted by Crippen LogP contribution is -2.19. The SMILES string of the molecule is COC(=O)c1ccccc1C(=O)Nc1cc(C)nn1-c1ccccc1. The topological polar surface area (TPSA) is 73.2 Å². The molecule has 1 N–H and O–H groups in total. The van der Waals surface area contributed by atoms with Crippen LogP contribution < -0.4 is 5.32 Å². The number of nitrogens with one attached hydrogen (secondary N) is 1. The van der Waals surface area contributed by atoms with Gasteiger partial charge in [0.2, 0.25) is 0 Å². The van der Waals surface area contributed by atoms with Crippen molar-refractivity contribution in [3.8, 4) is 5.69 Å². The Morgan fingerprint density at radius 1 is 1.00 bits per heavy atom. The van der Waals surface area contributed by atoms with Gasteiger partial charge in [-0.3, -0.25) is 4.79 Å². The summed E-state index contributed by atoms with van der Waals surface area (Å²) in [6.45, 7) is 1.84. The first kappa shape index (κ1) is 16.4. The highest BCUT2D eigenvalue weighted by atomic mass is 16.5. The van der Waals surface area contributed by atoms with Crippen LogP contribution in [0.15, 0.2) is 60.7 Å². The summed E-state index contributed by atoms with van der Waals surface area (Å²) >= 11 is 0. The Bertz CT molecular complexity index is 917. The molecule has 0 saturated heterocycles. The third-order valence-corrected chi connectivity index (χ3v) is 3.65. The summed E-state index contributed by atoms with van der Waals surface area (Å²) in [7, 11) is 1.28. The summed E-state index contributed by atoms with van der Waals surface area (Å²) in [6.07, 6.45) is 0. The Balaban J connectivity index is 1.94. The summed E-state index contributed by atoms with van der Waals surface area (Å²) in [6, 6.07) is 17.8. The minimum absolute atomic E-state index is 0.213. The Kier molecular flexibility index (Phi) is 4.61. The lowest BCUT2D eigenvalue weighted by atomic mass is 10.1. The first-order valence-electron chi connectivity index (χ1n) is 7.71. The van der Waals surface area contributed by atoms with E-state index in [1.54, 1.807) is 35.0 Å². The molecule has 0 radical (unpaired) electrons. The van der Waals surface area contributed by atoms with Gasteiger partial charge in [0.25, 0.3) is 5.91 Å². The van der Waals surface area contributed by atoms with Crippen LogP contribution >= 0.6 is 0 Å². The van der Waals surface area contributed by atoms with Crippen molar-refractivity contribution < 1.29 is 14.3 Å². The van der Waals surface area contributed by atoms with Crippen molar-refractivity contribution in [1.29, 1.82) is 0 Å². The number of hydrogen-bond donors (Lipinski definition) is 1. The van der Waals surface area contributed by atoms with Crippen molar-refractivity contribution in [2.75, 3.05) is 12.4 Å². The molecule has 0 aliphatic rings. The van der Waals surface area contributed by atoms with Crippen molar-refractivity contribution >= 4 is 17.7 Å². The van der Waals surface area contributed by atoms with E-state index in [1.807, 2.05) is 37.3 Å². The minimum Gasteiger partial charge on any atom is -0.465 e. The number of rotatable bonds is 4. The monoisotopic (exact) mass is 335 g/mol. The predicted molar refractivity (Wildman–Crippen MR) is 94.0 cm³/mol. The van der Waals surface area contributed by atoms with Crippen LogP contribution in [0.5, 0.6) is 0 Å². The highest BCUT2D eigenvalue weighted by molar-refractivity contribution is 6.10. The zero-order valence-electron chi connectivity index (χ0n) is 13.9. The molecule has 0 spiro atoms. The van der Waals surface area contributed by atoms with Crippen LogP contribution in [0.1, 0.15) is 26.4 Å². The molecular formula is C19H17N3O3. The average Bonchev–Trinajstić information content (AvgIpc) is 3.02. The van der Waals surface area contributed by atoms with E-state index in [4.69, 9.17) is 4.74 Å². The van der Waals surface area contributed by atoms with Gasteiger partial charge in [-0.25, -0.2) is 9.48 Å². The molecule has 126 valence electrons. The van der Waals surface area contributed by atoms with Gasteiger partial charge >= 0.3 is 5.97 Å². The second-order valence-corrected chi connectivity index (χ2v) is 5.41. The number of para-hydroxylation sites is 1. The second-order valence-electron chi connectivity index (χ2n) is 5.41. The highest BCUT2D eigenvalue weighted by Gasteiger charge is 2.19. The Hall–Kier alpha value is -3.41. The number of carbonyl (C=O) groups excluding carboxylic acids is 2. The molecule has 0 aliphatic carbocycles. The van der Waals surface area contributed by atoms with Crippen LogP contribution in [-0.2, 0) is 4.74 Å². The van der Waals surface area contributed by atoms with Gasteiger partial charge in [0.05, 0.1) is 29.6 Å². The number of ether oxygens (including phenoxy) is 1. The fraction of sp³-hybridized carbons (Fsp3) is 0.105. The van der Waals surface area contributed by atoms with Gasteiger partial charge in [0.15, 0.2) is 0 Å². The molecule has 0 saturated carbocycles. The van der Waals surface area contributed by atoms with Gasteiger partial charge in [-0.2, -0.15) is 5.10 Å². The Morgan fingerprint density at radius 3 is 2.32 bits per heavy atom. The maximum Gasteiger partial charge on any atom is 0.338 e. The number of anilines is 1. The van der Waals surface area contributed by atoms with E-state index in [1.165, 1.54) is 7.11 Å². The molecule has 25 heavy (non-hydrogen) atoms. The molecule has 3 rings (SSSR count). The number of hydrogen-bond acceptors (Lipinski definition) is 4. The number of benzene rings is 2. The molecular weight excluding hydrogens is 318 g/mol. The molecule has 6 heteroatoms. The van der Waals surface area contributed by atoms with Gasteiger partial charge in [0, 0.05) is 6.07 Å². The molecule has 0 aliphatic heterocycles. The number of aryl methyl sites for hydroxylation is 1. The fourth-order valence-electron chi connectivity index (χ4n) is 2.51. The minimum atomic E-state index is -0.557. The summed E-state index contributed by atoms with van der Waals surface area (Å²) < 4.78 is 6.38. The van der Waals surface area contributed by atoms with Crippen molar-refractivity contribution in [3.63, 3.8) is 0 Å². The standard InChI is InChI=1S/C19H17N3O3/c1-13-12-17(22(21-13)14-8-4-3-5-9-14)20-18(23)15-10-6-7-11-16(15)19(24)25-2/h3-12H,1-2H3,(H,20,23). The maximum atomic E-state index is 12.7. The van der Waals surface area contributed by atoms with Crippen LogP contribution in [-0.4, -0.2) is 28.8 Å². The summed E-state index contributed by atoms with van der Waals surface area (Å²) in [5.74, 6) is -0.440. The van der Waals surface area contributed by atoms with E-state index >= 15 is 0 Å². The largest absolute Gasteiger partial charge is 0.465 e. The van der Waals surface area contributed by atoms with Crippen LogP contribution in [0.25, 0.3) is 5.69 Å². The zero-order chi connectivity index (χ0) is 17.8. The number of amides is 1. The lowest BCUT2D eigenvalue weighted by molar-refractivity contribution is 0.0597. The van der Waals surface area contributed by atoms with Crippen LogP contribution in [0.2, 0.25) is 0 Å². The zero-order valence-corrected chi connectivity index (χ0v) is 13.9. The summed E-state index contributed by atoms with van der Waals surface area (Å²) in [5, 5.41) is 7.23. The van der Waals surface area contributed by atoms with E-state index in [0.717, 1.165) is 11.4 Å². The number of esters is 1. The van der Waals surface area contributed by atoms with Crippen LogP contribution in [0.3, 0.4) is 0 Å². The molecule has 0 unspecified atom stereocenters. The summed E-state index contributed by atoms with van der Waals surface area (Å²) in [4.78, 5) is 24.6. The third-order valence-electron chi connectivity index (χ3n) is 3.65. The Morgan fingerprint density at radius 2 is 1.64 bits per heavy atom. The maximum absolute atomic E-state index is 12.7. The Labute approximate surface area is 145 Å². The van der Waals surface area contributed by atoms with Crippen molar-refractivity contribution in [2.24, 2.45) is 0 Å². The fourth-order valence-corrected chi connectivity index (χ4v) is 2.51. The highest BCUT2D eigenvalue weighted by Crippen LogP contribution is 2.19. The van der Waals surface area contributed by atoms with Gasteiger partial charge in [0.1, 0.15) is 5.82 Å². The molecule has 1 aromatic heterocycles. The van der Waals surface area contributed by atoms with Gasteiger partial charge in [-0.05, 0) is 31.2 Å². The number of carbonyl (C=O) groups is 2. The van der Waals surface area contributed by atoms with Gasteiger partial charge < -0.3 is 10.1 Å². The van der Waals surface area contributed by atoms with Gasteiger partial charge in [-0.15, -0.1) is 0 Å². The first-order chi connectivity index (χ1) is 12.1. The van der Waals surface area contributed by atoms with Gasteiger partial charge in [-0.1, -0.05) is 30.3 Å². The van der Waals surface area contributed by atoms with Crippen molar-refractivity contribution in [2.45, 2.75) is 6.92 Å². The quantitative estimate of drug-likeness (QED) is 0.743. The van der Waals surface area contributed by atoms with E-state index in [2.05, 4.69) is 10.4 Å². The molecule has 0 bridgehead atoms. The van der Waals surface area contributed by atoms with Crippen molar-refractivity contribution in [1.82, 2.24) is 9.78 Å². The lowest BCUT2D eigenvalue weighted by Gasteiger charge is -2.10. The second kappa shape index (κ2) is 7.00. The number of nitrogens with zero attached hydrogens (tertiary/aromatic N) is 2. The third kappa shape index (κ3) is 3.42. The van der Waals surface area contributed by atoms with E-state index < -0.39 is 11.9 Å². The van der Waals surface area contributed by atoms with E-state index in [9.17, 15) is 9.59 Å². The molecule has 1 heterocycles. The van der Waals surface area contributed by atoms with Crippen LogP contribution in [0, 0.1) is 6.92 Å².